The smallest absolute Gasteiger partial charge is 0.294 e. The van der Waals surface area contributed by atoms with Crippen LogP contribution >= 0.6 is 0 Å². The minimum Gasteiger partial charge on any atom is -0.493 e. The number of nitrogens with one attached hydrogen (secondary N) is 1. The normalized spacial score (nSPS) is 15.6. The Morgan fingerprint density at radius 3 is 2.46 bits per heavy atom. The van der Waals surface area contributed by atoms with E-state index in [-0.39, 0.29) is 24.5 Å². The number of carbonyl (C=O) groups is 2. The summed E-state index contributed by atoms with van der Waals surface area (Å²) in [5.74, 6) is 1.38. The average molecular weight is 507 g/mol. The Hall–Kier alpha value is -4.14. The Bertz CT molecular complexity index is 1250. The Morgan fingerprint density at radius 2 is 1.73 bits per heavy atom. The van der Waals surface area contributed by atoms with Gasteiger partial charge in [-0.1, -0.05) is 25.3 Å². The number of ether oxygens (including phenoxy) is 4. The number of nitrogens with zero attached hydrogens (tertiary/aromatic N) is 1. The molecule has 0 radical (unpaired) electrons. The lowest BCUT2D eigenvalue weighted by Gasteiger charge is -2.33. The van der Waals surface area contributed by atoms with Gasteiger partial charge in [0.05, 0.1) is 20.5 Å². The lowest BCUT2D eigenvalue weighted by atomic mass is 9.94. The van der Waals surface area contributed by atoms with Gasteiger partial charge in [-0.2, -0.15) is 0 Å². The van der Waals surface area contributed by atoms with E-state index in [0.29, 0.717) is 34.2 Å². The summed E-state index contributed by atoms with van der Waals surface area (Å²) in [6, 6.07) is 12.6. The maximum Gasteiger partial charge on any atom is 0.294 e. The molecule has 0 bridgehead atoms. The molecule has 5 rings (SSSR count). The van der Waals surface area contributed by atoms with Crippen LogP contribution in [0.1, 0.15) is 54.3 Å². The van der Waals surface area contributed by atoms with Crippen molar-refractivity contribution in [2.24, 2.45) is 0 Å². The van der Waals surface area contributed by atoms with Crippen LogP contribution in [0.4, 0.5) is 5.69 Å². The molecular weight excluding hydrogens is 476 g/mol. The number of rotatable bonds is 8. The first-order valence-corrected chi connectivity index (χ1v) is 12.4. The molecule has 0 unspecified atom stereocenters. The first-order chi connectivity index (χ1) is 18.1. The number of furan rings is 1. The summed E-state index contributed by atoms with van der Waals surface area (Å²) in [4.78, 5) is 29.4. The second-order valence-electron chi connectivity index (χ2n) is 9.05. The van der Waals surface area contributed by atoms with E-state index in [1.165, 1.54) is 18.3 Å². The predicted octanol–water partition coefficient (Wildman–Crippen LogP) is 4.86. The summed E-state index contributed by atoms with van der Waals surface area (Å²) < 4.78 is 27.4. The average Bonchev–Trinajstić information content (AvgIpc) is 3.63. The van der Waals surface area contributed by atoms with Crippen molar-refractivity contribution in [2.45, 2.75) is 44.2 Å². The fraction of sp³-hybridized carbons (Fsp3) is 0.357. The summed E-state index contributed by atoms with van der Waals surface area (Å²) in [6.45, 7) is 0.0895. The van der Waals surface area contributed by atoms with E-state index in [0.717, 1.165) is 32.1 Å². The van der Waals surface area contributed by atoms with Crippen molar-refractivity contribution in [1.82, 2.24) is 5.32 Å². The minimum absolute atomic E-state index is 0.0428. The topological polar surface area (TPSA) is 99.5 Å². The van der Waals surface area contributed by atoms with Gasteiger partial charge in [-0.3, -0.25) is 14.5 Å². The number of carbonyl (C=O) groups excluding carboxylic acids is 2. The zero-order valence-corrected chi connectivity index (χ0v) is 20.9. The van der Waals surface area contributed by atoms with Gasteiger partial charge >= 0.3 is 0 Å². The lowest BCUT2D eigenvalue weighted by Crippen LogP contribution is -2.47. The lowest BCUT2D eigenvalue weighted by molar-refractivity contribution is -0.123. The number of hydrogen-bond donors (Lipinski definition) is 1. The molecule has 1 saturated carbocycles. The molecule has 0 spiro atoms. The van der Waals surface area contributed by atoms with Gasteiger partial charge in [0, 0.05) is 17.8 Å². The summed E-state index contributed by atoms with van der Waals surface area (Å²) >= 11 is 0. The quantitative estimate of drug-likeness (QED) is 0.466. The van der Waals surface area contributed by atoms with Crippen LogP contribution in [0.3, 0.4) is 0 Å². The van der Waals surface area contributed by atoms with Gasteiger partial charge in [-0.15, -0.1) is 0 Å². The molecule has 2 amide bonds. The number of anilines is 1. The van der Waals surface area contributed by atoms with Crippen molar-refractivity contribution in [3.63, 3.8) is 0 Å². The molecule has 1 aliphatic heterocycles. The molecule has 194 valence electrons. The number of fused-ring (bicyclic) bond motifs is 1. The monoisotopic (exact) mass is 506 g/mol. The van der Waals surface area contributed by atoms with Crippen LogP contribution in [0.5, 0.6) is 23.0 Å². The Morgan fingerprint density at radius 1 is 0.946 bits per heavy atom. The zero-order valence-electron chi connectivity index (χ0n) is 20.9. The van der Waals surface area contributed by atoms with Gasteiger partial charge < -0.3 is 28.7 Å². The number of benzene rings is 2. The summed E-state index contributed by atoms with van der Waals surface area (Å²) in [5, 5.41) is 3.19. The molecule has 9 nitrogen and oxygen atoms in total. The third kappa shape index (κ3) is 5.07. The number of hydrogen-bond acceptors (Lipinski definition) is 7. The molecule has 1 N–H and O–H groups in total. The van der Waals surface area contributed by atoms with E-state index >= 15 is 0 Å². The Labute approximate surface area is 215 Å². The molecule has 1 aromatic heterocycles. The number of amides is 2. The molecular formula is C28H30N2O7. The van der Waals surface area contributed by atoms with Gasteiger partial charge in [0.25, 0.3) is 5.91 Å². The largest absolute Gasteiger partial charge is 0.493 e. The molecule has 3 aromatic rings. The zero-order chi connectivity index (χ0) is 25.8. The summed E-state index contributed by atoms with van der Waals surface area (Å²) in [6.07, 6.45) is 6.51. The molecule has 9 heteroatoms. The molecule has 1 atom stereocenters. The third-order valence-corrected chi connectivity index (χ3v) is 6.77. The number of methoxy groups -OCH3 is 2. The Balaban J connectivity index is 1.62. The molecule has 37 heavy (non-hydrogen) atoms. The van der Waals surface area contributed by atoms with Crippen LogP contribution in [0.2, 0.25) is 0 Å². The van der Waals surface area contributed by atoms with Crippen molar-refractivity contribution < 1.29 is 33.0 Å². The van der Waals surface area contributed by atoms with E-state index in [2.05, 4.69) is 5.32 Å². The fourth-order valence-corrected chi connectivity index (χ4v) is 4.91. The summed E-state index contributed by atoms with van der Waals surface area (Å²) in [7, 11) is 3.08. The summed E-state index contributed by atoms with van der Waals surface area (Å²) in [5.41, 5.74) is 1.02. The van der Waals surface area contributed by atoms with Crippen LogP contribution in [0, 0.1) is 0 Å². The standard InChI is InChI=1S/C28H30N2O7/c1-33-21-12-10-18(15-24(21)34-2)26(27(31)29-19-7-4-3-5-8-19)30(28(32)23-9-6-14-35-23)20-11-13-22-25(16-20)37-17-36-22/h6,9-16,19,26H,3-5,7-8,17H2,1-2H3,(H,29,31)/t26-/m0/s1. The SMILES string of the molecule is COc1ccc([C@@H](C(=O)NC2CCCCC2)N(C(=O)c2ccco2)c2ccc3c(c2)OCO3)cc1OC. The third-order valence-electron chi connectivity index (χ3n) is 6.77. The van der Waals surface area contributed by atoms with Gasteiger partial charge in [-0.25, -0.2) is 0 Å². The molecule has 2 aromatic carbocycles. The highest BCUT2D eigenvalue weighted by Crippen LogP contribution is 2.40. The van der Waals surface area contributed by atoms with Gasteiger partial charge in [0.2, 0.25) is 12.7 Å². The van der Waals surface area contributed by atoms with Gasteiger partial charge in [0.1, 0.15) is 6.04 Å². The van der Waals surface area contributed by atoms with E-state index in [9.17, 15) is 9.59 Å². The highest BCUT2D eigenvalue weighted by atomic mass is 16.7. The van der Waals surface area contributed by atoms with Crippen molar-refractivity contribution in [3.05, 3.63) is 66.1 Å². The maximum atomic E-state index is 14.0. The van der Waals surface area contributed by atoms with Crippen LogP contribution in [0.15, 0.2) is 59.2 Å². The fourth-order valence-electron chi connectivity index (χ4n) is 4.91. The predicted molar refractivity (Wildman–Crippen MR) is 135 cm³/mol. The Kier molecular flexibility index (Phi) is 7.20. The molecule has 2 heterocycles. The molecule has 1 aliphatic carbocycles. The maximum absolute atomic E-state index is 14.0. The first-order valence-electron chi connectivity index (χ1n) is 12.4. The second kappa shape index (κ2) is 10.9. The van der Waals surface area contributed by atoms with Gasteiger partial charge in [0.15, 0.2) is 28.8 Å². The van der Waals surface area contributed by atoms with Gasteiger partial charge in [-0.05, 0) is 54.8 Å². The second-order valence-corrected chi connectivity index (χ2v) is 9.05. The van der Waals surface area contributed by atoms with Crippen LogP contribution < -0.4 is 29.2 Å². The minimum atomic E-state index is -1.03. The van der Waals surface area contributed by atoms with E-state index in [1.54, 1.807) is 55.6 Å². The highest BCUT2D eigenvalue weighted by Gasteiger charge is 2.37. The van der Waals surface area contributed by atoms with Crippen LogP contribution in [-0.2, 0) is 4.79 Å². The van der Waals surface area contributed by atoms with Crippen molar-refractivity contribution in [1.29, 1.82) is 0 Å². The van der Waals surface area contributed by atoms with E-state index in [4.69, 9.17) is 23.4 Å². The highest BCUT2D eigenvalue weighted by molar-refractivity contribution is 6.09. The first kappa shape index (κ1) is 24.5. The van der Waals surface area contributed by atoms with Crippen LogP contribution in [0.25, 0.3) is 0 Å². The van der Waals surface area contributed by atoms with Crippen molar-refractivity contribution in [3.8, 4) is 23.0 Å². The molecule has 2 aliphatic rings. The van der Waals surface area contributed by atoms with Crippen LogP contribution in [-0.4, -0.2) is 38.9 Å². The van der Waals surface area contributed by atoms with Crippen molar-refractivity contribution >= 4 is 17.5 Å². The van der Waals surface area contributed by atoms with Crippen molar-refractivity contribution in [2.75, 3.05) is 25.9 Å². The molecule has 1 fully saturated rings. The van der Waals surface area contributed by atoms with E-state index in [1.807, 2.05) is 0 Å². The molecule has 0 saturated heterocycles. The van der Waals surface area contributed by atoms with E-state index < -0.39 is 11.9 Å².